The van der Waals surface area contributed by atoms with E-state index in [1.54, 1.807) is 0 Å². The molecule has 0 aromatic heterocycles. The van der Waals surface area contributed by atoms with Crippen molar-refractivity contribution in [3.63, 3.8) is 0 Å². The molecule has 88 valence electrons. The van der Waals surface area contributed by atoms with E-state index in [-0.39, 0.29) is 11.6 Å². The number of aryl methyl sites for hydroxylation is 3. The summed E-state index contributed by atoms with van der Waals surface area (Å²) in [6.45, 7) is 6.41. The van der Waals surface area contributed by atoms with E-state index in [1.807, 2.05) is 0 Å². The summed E-state index contributed by atoms with van der Waals surface area (Å²) in [5.74, 6) is 0. The van der Waals surface area contributed by atoms with E-state index >= 15 is 0 Å². The maximum Gasteiger partial charge on any atom is 0.0575 e. The Balaban J connectivity index is 2.22. The Morgan fingerprint density at radius 1 is 1.25 bits per heavy atom. The molecular weight excluding hydrogens is 198 g/mol. The van der Waals surface area contributed by atoms with Gasteiger partial charge in [0.25, 0.3) is 0 Å². The molecule has 1 aliphatic carbocycles. The topological polar surface area (TPSA) is 46.2 Å². The molecule has 0 atom stereocenters. The van der Waals surface area contributed by atoms with Gasteiger partial charge >= 0.3 is 0 Å². The Kier molecular flexibility index (Phi) is 2.81. The molecule has 16 heavy (non-hydrogen) atoms. The van der Waals surface area contributed by atoms with Crippen molar-refractivity contribution in [2.75, 3.05) is 0 Å². The molecule has 0 amide bonds. The van der Waals surface area contributed by atoms with Gasteiger partial charge in [0.15, 0.2) is 0 Å². The van der Waals surface area contributed by atoms with Gasteiger partial charge in [-0.15, -0.1) is 0 Å². The zero-order valence-corrected chi connectivity index (χ0v) is 10.4. The summed E-state index contributed by atoms with van der Waals surface area (Å²) in [4.78, 5) is 0. The minimum atomic E-state index is -0.184. The van der Waals surface area contributed by atoms with E-state index in [0.29, 0.717) is 0 Å². The monoisotopic (exact) mass is 219 g/mol. The van der Waals surface area contributed by atoms with E-state index < -0.39 is 0 Å². The van der Waals surface area contributed by atoms with Crippen LogP contribution in [-0.4, -0.2) is 16.7 Å². The molecule has 0 aliphatic heterocycles. The fourth-order valence-corrected chi connectivity index (χ4v) is 2.86. The molecule has 0 bridgehead atoms. The largest absolute Gasteiger partial charge is 0.393 e. The van der Waals surface area contributed by atoms with Crippen LogP contribution in [0.5, 0.6) is 0 Å². The molecule has 0 saturated heterocycles. The first kappa shape index (κ1) is 11.6. The van der Waals surface area contributed by atoms with Crippen molar-refractivity contribution in [1.82, 2.24) is 0 Å². The van der Waals surface area contributed by atoms with Gasteiger partial charge in [0.05, 0.1) is 6.10 Å². The number of benzene rings is 1. The standard InChI is InChI=1S/C14H21NO/c1-9-4-10(2)13(11(3)5-9)8-14(15)6-12(16)7-14/h4-5,12,16H,6-8,15H2,1-3H3. The highest BCUT2D eigenvalue weighted by Gasteiger charge is 2.40. The van der Waals surface area contributed by atoms with Gasteiger partial charge in [0.2, 0.25) is 0 Å². The maximum atomic E-state index is 9.36. The second-order valence-electron chi connectivity index (χ2n) is 5.48. The first-order valence-electron chi connectivity index (χ1n) is 5.93. The van der Waals surface area contributed by atoms with Gasteiger partial charge in [-0.1, -0.05) is 17.7 Å². The minimum Gasteiger partial charge on any atom is -0.393 e. The third-order valence-electron chi connectivity index (χ3n) is 3.65. The number of nitrogens with two attached hydrogens (primary N) is 1. The van der Waals surface area contributed by atoms with Crippen molar-refractivity contribution in [1.29, 1.82) is 0 Å². The van der Waals surface area contributed by atoms with Crippen LogP contribution in [0.3, 0.4) is 0 Å². The fraction of sp³-hybridized carbons (Fsp3) is 0.571. The highest BCUT2D eigenvalue weighted by atomic mass is 16.3. The van der Waals surface area contributed by atoms with Crippen LogP contribution >= 0.6 is 0 Å². The van der Waals surface area contributed by atoms with Crippen molar-refractivity contribution >= 4 is 0 Å². The van der Waals surface area contributed by atoms with Gasteiger partial charge in [-0.05, 0) is 56.7 Å². The molecule has 1 aromatic carbocycles. The van der Waals surface area contributed by atoms with E-state index in [1.165, 1.54) is 22.3 Å². The number of aliphatic hydroxyl groups is 1. The van der Waals surface area contributed by atoms with Crippen molar-refractivity contribution in [3.8, 4) is 0 Å². The van der Waals surface area contributed by atoms with Crippen LogP contribution in [0.15, 0.2) is 12.1 Å². The van der Waals surface area contributed by atoms with Crippen LogP contribution < -0.4 is 5.73 Å². The third kappa shape index (κ3) is 2.13. The SMILES string of the molecule is Cc1cc(C)c(CC2(N)CC(O)C2)c(C)c1. The second kappa shape index (κ2) is 3.86. The van der Waals surface area contributed by atoms with Crippen LogP contribution in [0.2, 0.25) is 0 Å². The molecule has 2 rings (SSSR count). The highest BCUT2D eigenvalue weighted by Crippen LogP contribution is 2.34. The predicted octanol–water partition coefficient (Wildman–Crippen LogP) is 2.01. The second-order valence-corrected chi connectivity index (χ2v) is 5.48. The highest BCUT2D eigenvalue weighted by molar-refractivity contribution is 5.39. The summed E-state index contributed by atoms with van der Waals surface area (Å²) in [6, 6.07) is 4.42. The lowest BCUT2D eigenvalue weighted by atomic mass is 9.70. The van der Waals surface area contributed by atoms with Gasteiger partial charge in [-0.2, -0.15) is 0 Å². The molecule has 3 N–H and O–H groups in total. The summed E-state index contributed by atoms with van der Waals surface area (Å²) in [5, 5.41) is 9.36. The van der Waals surface area contributed by atoms with Crippen molar-refractivity contribution in [3.05, 3.63) is 34.4 Å². The normalized spacial score (nSPS) is 28.9. The Morgan fingerprint density at radius 2 is 1.75 bits per heavy atom. The molecule has 0 radical (unpaired) electrons. The lowest BCUT2D eigenvalue weighted by Crippen LogP contribution is -2.56. The zero-order valence-electron chi connectivity index (χ0n) is 10.4. The Bertz CT molecular complexity index is 382. The summed E-state index contributed by atoms with van der Waals surface area (Å²) in [5.41, 5.74) is 11.4. The van der Waals surface area contributed by atoms with Gasteiger partial charge in [0.1, 0.15) is 0 Å². The Labute approximate surface area is 97.5 Å². The van der Waals surface area contributed by atoms with Crippen molar-refractivity contribution < 1.29 is 5.11 Å². The number of hydrogen-bond acceptors (Lipinski definition) is 2. The predicted molar refractivity (Wildman–Crippen MR) is 66.5 cm³/mol. The Hall–Kier alpha value is -0.860. The molecule has 1 aromatic rings. The number of hydrogen-bond donors (Lipinski definition) is 2. The fourth-order valence-electron chi connectivity index (χ4n) is 2.86. The smallest absolute Gasteiger partial charge is 0.0575 e. The third-order valence-corrected chi connectivity index (χ3v) is 3.65. The summed E-state index contributed by atoms with van der Waals surface area (Å²) >= 11 is 0. The van der Waals surface area contributed by atoms with Crippen LogP contribution in [0, 0.1) is 20.8 Å². The molecule has 2 heteroatoms. The number of aliphatic hydroxyl groups excluding tert-OH is 1. The van der Waals surface area contributed by atoms with Gasteiger partial charge in [0, 0.05) is 5.54 Å². The van der Waals surface area contributed by atoms with Crippen LogP contribution in [0.4, 0.5) is 0 Å². The zero-order chi connectivity index (χ0) is 11.9. The van der Waals surface area contributed by atoms with E-state index in [9.17, 15) is 5.11 Å². The average molecular weight is 219 g/mol. The first-order chi connectivity index (χ1) is 7.39. The lowest BCUT2D eigenvalue weighted by molar-refractivity contribution is 0.0231. The van der Waals surface area contributed by atoms with E-state index in [4.69, 9.17) is 5.73 Å². The molecule has 2 nitrogen and oxygen atoms in total. The molecule has 1 fully saturated rings. The molecule has 1 saturated carbocycles. The van der Waals surface area contributed by atoms with Crippen LogP contribution in [-0.2, 0) is 6.42 Å². The van der Waals surface area contributed by atoms with E-state index in [0.717, 1.165) is 19.3 Å². The van der Waals surface area contributed by atoms with Crippen molar-refractivity contribution in [2.45, 2.75) is 51.7 Å². The van der Waals surface area contributed by atoms with Gasteiger partial charge in [-0.3, -0.25) is 0 Å². The van der Waals surface area contributed by atoms with Gasteiger partial charge < -0.3 is 10.8 Å². The molecule has 0 heterocycles. The molecule has 0 spiro atoms. The summed E-state index contributed by atoms with van der Waals surface area (Å²) < 4.78 is 0. The van der Waals surface area contributed by atoms with Crippen LogP contribution in [0.25, 0.3) is 0 Å². The minimum absolute atomic E-state index is 0.176. The molecule has 0 unspecified atom stereocenters. The van der Waals surface area contributed by atoms with Crippen LogP contribution in [0.1, 0.15) is 35.1 Å². The van der Waals surface area contributed by atoms with Crippen molar-refractivity contribution in [2.24, 2.45) is 5.73 Å². The lowest BCUT2D eigenvalue weighted by Gasteiger charge is -2.43. The maximum absolute atomic E-state index is 9.36. The number of rotatable bonds is 2. The summed E-state index contributed by atoms with van der Waals surface area (Å²) in [7, 11) is 0. The van der Waals surface area contributed by atoms with Gasteiger partial charge in [-0.25, -0.2) is 0 Å². The average Bonchev–Trinajstić information content (AvgIpc) is 2.09. The first-order valence-corrected chi connectivity index (χ1v) is 5.93. The van der Waals surface area contributed by atoms with E-state index in [2.05, 4.69) is 32.9 Å². The quantitative estimate of drug-likeness (QED) is 0.799. The Morgan fingerprint density at radius 3 is 2.19 bits per heavy atom. The molecule has 1 aliphatic rings. The summed E-state index contributed by atoms with van der Waals surface area (Å²) in [6.07, 6.45) is 2.18. The molecular formula is C14H21NO.